The number of methoxy groups -OCH3 is 1. The Morgan fingerprint density at radius 3 is 2.52 bits per heavy atom. The largest absolute Gasteiger partial charge is 0.497 e. The number of rotatable bonds is 5. The first-order chi connectivity index (χ1) is 16.0. The van der Waals surface area contributed by atoms with Crippen LogP contribution in [-0.4, -0.2) is 25.3 Å². The highest BCUT2D eigenvalue weighted by Crippen LogP contribution is 2.35. The Labute approximate surface area is 197 Å². The van der Waals surface area contributed by atoms with Gasteiger partial charge in [-0.2, -0.15) is 0 Å². The second-order valence-corrected chi connectivity index (χ2v) is 8.68. The minimum atomic E-state index is -0.350. The van der Waals surface area contributed by atoms with Gasteiger partial charge in [-0.15, -0.1) is 0 Å². The van der Waals surface area contributed by atoms with Crippen molar-refractivity contribution in [3.63, 3.8) is 0 Å². The molecular weight excluding hydrogens is 438 g/mol. The molecule has 0 aliphatic carbocycles. The van der Waals surface area contributed by atoms with E-state index in [-0.39, 0.29) is 5.63 Å². The molecule has 3 aromatic carbocycles. The molecule has 0 radical (unpaired) electrons. The fourth-order valence-corrected chi connectivity index (χ4v) is 4.47. The summed E-state index contributed by atoms with van der Waals surface area (Å²) in [5.41, 5.74) is 4.66. The summed E-state index contributed by atoms with van der Waals surface area (Å²) in [6.07, 6.45) is 0.880. The lowest BCUT2D eigenvalue weighted by atomic mass is 9.97. The SMILES string of the molecule is COc1ccc(-c2c(C)c3ccc4c(c3oc2=O)CN(CCc2ccc(Cl)cc2)CO4)cc1. The molecule has 0 atom stereocenters. The summed E-state index contributed by atoms with van der Waals surface area (Å²) >= 11 is 5.99. The van der Waals surface area contributed by atoms with Crippen molar-refractivity contribution in [2.75, 3.05) is 20.4 Å². The molecular formula is C27H24ClNO4. The van der Waals surface area contributed by atoms with Crippen LogP contribution in [0.4, 0.5) is 0 Å². The predicted molar refractivity (Wildman–Crippen MR) is 130 cm³/mol. The summed E-state index contributed by atoms with van der Waals surface area (Å²) in [7, 11) is 1.62. The van der Waals surface area contributed by atoms with Gasteiger partial charge in [0.15, 0.2) is 0 Å². The zero-order valence-electron chi connectivity index (χ0n) is 18.6. The van der Waals surface area contributed by atoms with Gasteiger partial charge < -0.3 is 13.9 Å². The zero-order valence-corrected chi connectivity index (χ0v) is 19.3. The molecule has 4 aromatic rings. The molecule has 0 unspecified atom stereocenters. The highest BCUT2D eigenvalue weighted by Gasteiger charge is 2.23. The van der Waals surface area contributed by atoms with Gasteiger partial charge in [-0.25, -0.2) is 4.79 Å². The van der Waals surface area contributed by atoms with Crippen LogP contribution in [0.5, 0.6) is 11.5 Å². The van der Waals surface area contributed by atoms with Crippen LogP contribution in [0.2, 0.25) is 5.02 Å². The van der Waals surface area contributed by atoms with E-state index in [1.807, 2.05) is 67.6 Å². The third kappa shape index (κ3) is 4.22. The number of aryl methyl sites for hydroxylation is 1. The Kier molecular flexibility index (Phi) is 5.83. The summed E-state index contributed by atoms with van der Waals surface area (Å²) in [6, 6.07) is 19.3. The van der Waals surface area contributed by atoms with Crippen molar-refractivity contribution in [3.8, 4) is 22.6 Å². The summed E-state index contributed by atoms with van der Waals surface area (Å²) in [4.78, 5) is 15.3. The van der Waals surface area contributed by atoms with E-state index in [2.05, 4.69) is 4.90 Å². The first kappa shape index (κ1) is 21.6. The second kappa shape index (κ2) is 8.93. The van der Waals surface area contributed by atoms with Gasteiger partial charge in [0.25, 0.3) is 0 Å². The summed E-state index contributed by atoms with van der Waals surface area (Å²) < 4.78 is 17.1. The topological polar surface area (TPSA) is 51.9 Å². The molecule has 0 bridgehead atoms. The Morgan fingerprint density at radius 2 is 1.79 bits per heavy atom. The maximum absolute atomic E-state index is 13.1. The monoisotopic (exact) mass is 461 g/mol. The minimum Gasteiger partial charge on any atom is -0.497 e. The van der Waals surface area contributed by atoms with Gasteiger partial charge in [0.1, 0.15) is 23.8 Å². The van der Waals surface area contributed by atoms with Gasteiger partial charge in [0.05, 0.1) is 18.2 Å². The maximum Gasteiger partial charge on any atom is 0.344 e. The average molecular weight is 462 g/mol. The van der Waals surface area contributed by atoms with Crippen LogP contribution in [0.1, 0.15) is 16.7 Å². The molecule has 0 saturated heterocycles. The number of benzene rings is 3. The molecule has 0 spiro atoms. The standard InChI is InChI=1S/C27H24ClNO4/c1-17-22-11-12-24-23(15-29(16-32-24)14-13-18-3-7-20(28)8-4-18)26(22)33-27(30)25(17)19-5-9-21(31-2)10-6-19/h3-12H,13-16H2,1-2H3. The fraction of sp³-hybridized carbons (Fsp3) is 0.222. The number of nitrogens with zero attached hydrogens (tertiary/aromatic N) is 1. The number of hydrogen-bond donors (Lipinski definition) is 0. The Bertz CT molecular complexity index is 1360. The van der Waals surface area contributed by atoms with E-state index < -0.39 is 0 Å². The lowest BCUT2D eigenvalue weighted by molar-refractivity contribution is 0.0968. The Balaban J connectivity index is 1.46. The third-order valence-corrected chi connectivity index (χ3v) is 6.44. The van der Waals surface area contributed by atoms with Gasteiger partial charge in [-0.3, -0.25) is 4.90 Å². The molecule has 1 aliphatic rings. The minimum absolute atomic E-state index is 0.350. The van der Waals surface area contributed by atoms with E-state index in [9.17, 15) is 4.79 Å². The number of ether oxygens (including phenoxy) is 2. The summed E-state index contributed by atoms with van der Waals surface area (Å²) in [6.45, 7) is 3.95. The second-order valence-electron chi connectivity index (χ2n) is 8.24. The van der Waals surface area contributed by atoms with E-state index in [4.69, 9.17) is 25.5 Å². The first-order valence-corrected chi connectivity index (χ1v) is 11.2. The average Bonchev–Trinajstić information content (AvgIpc) is 2.84. The molecule has 0 saturated carbocycles. The van der Waals surface area contributed by atoms with Crippen molar-refractivity contribution in [1.82, 2.24) is 4.90 Å². The van der Waals surface area contributed by atoms with E-state index in [1.54, 1.807) is 7.11 Å². The molecule has 5 nitrogen and oxygen atoms in total. The lowest BCUT2D eigenvalue weighted by Gasteiger charge is -2.29. The van der Waals surface area contributed by atoms with Crippen LogP contribution in [-0.2, 0) is 13.0 Å². The Hall–Kier alpha value is -3.28. The zero-order chi connectivity index (χ0) is 22.9. The van der Waals surface area contributed by atoms with Crippen LogP contribution in [0.3, 0.4) is 0 Å². The number of fused-ring (bicyclic) bond motifs is 3. The third-order valence-electron chi connectivity index (χ3n) is 6.19. The molecule has 168 valence electrons. The van der Waals surface area contributed by atoms with E-state index in [0.29, 0.717) is 24.4 Å². The molecule has 33 heavy (non-hydrogen) atoms. The number of halogens is 1. The van der Waals surface area contributed by atoms with Crippen LogP contribution in [0.25, 0.3) is 22.1 Å². The first-order valence-electron chi connectivity index (χ1n) is 10.9. The van der Waals surface area contributed by atoms with Crippen molar-refractivity contribution in [2.24, 2.45) is 0 Å². The quantitative estimate of drug-likeness (QED) is 0.350. The summed E-state index contributed by atoms with van der Waals surface area (Å²) in [5, 5.41) is 1.65. The molecule has 2 heterocycles. The van der Waals surface area contributed by atoms with Crippen LogP contribution < -0.4 is 15.1 Å². The number of hydrogen-bond acceptors (Lipinski definition) is 5. The summed E-state index contributed by atoms with van der Waals surface area (Å²) in [5.74, 6) is 1.51. The van der Waals surface area contributed by atoms with Gasteiger partial charge in [-0.1, -0.05) is 35.9 Å². The molecule has 1 aliphatic heterocycles. The van der Waals surface area contributed by atoms with Crippen molar-refractivity contribution in [3.05, 3.63) is 92.8 Å². The Morgan fingerprint density at radius 1 is 1.03 bits per heavy atom. The van der Waals surface area contributed by atoms with Crippen molar-refractivity contribution >= 4 is 22.6 Å². The predicted octanol–water partition coefficient (Wildman–Crippen LogP) is 5.83. The van der Waals surface area contributed by atoms with E-state index in [0.717, 1.165) is 51.6 Å². The molecule has 5 rings (SSSR count). The van der Waals surface area contributed by atoms with Crippen LogP contribution >= 0.6 is 11.6 Å². The van der Waals surface area contributed by atoms with Crippen molar-refractivity contribution in [2.45, 2.75) is 19.9 Å². The van der Waals surface area contributed by atoms with E-state index >= 15 is 0 Å². The van der Waals surface area contributed by atoms with Gasteiger partial charge >= 0.3 is 5.63 Å². The fourth-order valence-electron chi connectivity index (χ4n) is 4.34. The lowest BCUT2D eigenvalue weighted by Crippen LogP contribution is -2.33. The van der Waals surface area contributed by atoms with Gasteiger partial charge in [0.2, 0.25) is 0 Å². The smallest absolute Gasteiger partial charge is 0.344 e. The normalized spacial score (nSPS) is 13.5. The van der Waals surface area contributed by atoms with Crippen LogP contribution in [0, 0.1) is 6.92 Å². The molecule has 6 heteroatoms. The molecule has 0 amide bonds. The van der Waals surface area contributed by atoms with Gasteiger partial charge in [0, 0.05) is 23.5 Å². The highest BCUT2D eigenvalue weighted by atomic mass is 35.5. The maximum atomic E-state index is 13.1. The van der Waals surface area contributed by atoms with Crippen molar-refractivity contribution in [1.29, 1.82) is 0 Å². The molecule has 0 fully saturated rings. The highest BCUT2D eigenvalue weighted by molar-refractivity contribution is 6.30. The molecule has 0 N–H and O–H groups in total. The molecule has 1 aromatic heterocycles. The van der Waals surface area contributed by atoms with Crippen LogP contribution in [0.15, 0.2) is 69.9 Å². The van der Waals surface area contributed by atoms with E-state index in [1.165, 1.54) is 5.56 Å². The van der Waals surface area contributed by atoms with Gasteiger partial charge in [-0.05, 0) is 66.4 Å². The van der Waals surface area contributed by atoms with Crippen molar-refractivity contribution < 1.29 is 13.9 Å².